The topological polar surface area (TPSA) is 75.5 Å². The van der Waals surface area contributed by atoms with Gasteiger partial charge in [-0.3, -0.25) is 4.90 Å². The second-order valence-electron chi connectivity index (χ2n) is 5.96. The zero-order valence-corrected chi connectivity index (χ0v) is 14.0. The number of aromatic carboxylic acids is 1. The first-order valence-electron chi connectivity index (χ1n) is 8.29. The summed E-state index contributed by atoms with van der Waals surface area (Å²) >= 11 is 0. The molecule has 1 N–H and O–H groups in total. The maximum atomic E-state index is 14.0. The van der Waals surface area contributed by atoms with Crippen LogP contribution in [0.3, 0.4) is 0 Å². The summed E-state index contributed by atoms with van der Waals surface area (Å²) in [7, 11) is 0. The summed E-state index contributed by atoms with van der Waals surface area (Å²) in [6.45, 7) is 3.69. The van der Waals surface area contributed by atoms with Crippen LogP contribution in [-0.4, -0.2) is 39.1 Å². The lowest BCUT2D eigenvalue weighted by Gasteiger charge is -2.23. The van der Waals surface area contributed by atoms with Crippen molar-refractivity contribution in [2.45, 2.75) is 32.4 Å². The van der Waals surface area contributed by atoms with Crippen LogP contribution in [0.15, 0.2) is 30.6 Å². The van der Waals surface area contributed by atoms with Gasteiger partial charge in [0.15, 0.2) is 11.6 Å². The van der Waals surface area contributed by atoms with E-state index in [1.54, 1.807) is 6.07 Å². The Labute approximate surface area is 145 Å². The summed E-state index contributed by atoms with van der Waals surface area (Å²) in [6, 6.07) is 5.02. The molecule has 6 nitrogen and oxygen atoms in total. The molecule has 0 saturated carbocycles. The summed E-state index contributed by atoms with van der Waals surface area (Å²) in [6.07, 6.45) is 4.55. The number of hydrogen-bond acceptors (Lipinski definition) is 5. The van der Waals surface area contributed by atoms with Crippen LogP contribution in [0.2, 0.25) is 0 Å². The molecule has 2 aromatic rings. The number of hydrogen-bond donors (Lipinski definition) is 1. The van der Waals surface area contributed by atoms with Gasteiger partial charge in [0, 0.05) is 18.9 Å². The van der Waals surface area contributed by atoms with Gasteiger partial charge in [-0.2, -0.15) is 0 Å². The zero-order valence-electron chi connectivity index (χ0n) is 14.0. The van der Waals surface area contributed by atoms with Crippen molar-refractivity contribution in [1.29, 1.82) is 0 Å². The molecule has 132 valence electrons. The van der Waals surface area contributed by atoms with Crippen molar-refractivity contribution in [3.8, 4) is 5.75 Å². The number of ether oxygens (including phenoxy) is 1. The van der Waals surface area contributed by atoms with Crippen molar-refractivity contribution in [3.05, 3.63) is 53.4 Å². The lowest BCUT2D eigenvalue weighted by atomic mass is 10.1. The highest BCUT2D eigenvalue weighted by molar-refractivity contribution is 5.86. The van der Waals surface area contributed by atoms with Gasteiger partial charge >= 0.3 is 5.97 Å². The van der Waals surface area contributed by atoms with Crippen molar-refractivity contribution in [1.82, 2.24) is 14.9 Å². The Kier molecular flexibility index (Phi) is 5.23. The molecule has 1 aliphatic heterocycles. The summed E-state index contributed by atoms with van der Waals surface area (Å²) in [5, 5.41) is 8.94. The van der Waals surface area contributed by atoms with Gasteiger partial charge in [0.05, 0.1) is 18.2 Å². The van der Waals surface area contributed by atoms with E-state index in [2.05, 4.69) is 14.9 Å². The number of aromatic nitrogens is 2. The number of carboxylic acids is 1. The SMILES string of the molecule is CCOc1ccc(CN2CCCC2c2ncc(C(=O)O)cn2)cc1F. The fourth-order valence-corrected chi connectivity index (χ4v) is 3.08. The Balaban J connectivity index is 1.73. The van der Waals surface area contributed by atoms with Crippen LogP contribution in [-0.2, 0) is 6.54 Å². The van der Waals surface area contributed by atoms with Crippen molar-refractivity contribution < 1.29 is 19.0 Å². The van der Waals surface area contributed by atoms with E-state index in [1.807, 2.05) is 13.0 Å². The minimum Gasteiger partial charge on any atom is -0.491 e. The number of halogens is 1. The Morgan fingerprint density at radius 2 is 2.16 bits per heavy atom. The monoisotopic (exact) mass is 345 g/mol. The molecule has 2 heterocycles. The van der Waals surface area contributed by atoms with E-state index in [9.17, 15) is 9.18 Å². The van der Waals surface area contributed by atoms with Crippen molar-refractivity contribution in [2.24, 2.45) is 0 Å². The van der Waals surface area contributed by atoms with Crippen molar-refractivity contribution in [2.75, 3.05) is 13.2 Å². The first-order chi connectivity index (χ1) is 12.1. The van der Waals surface area contributed by atoms with Crippen LogP contribution < -0.4 is 4.74 Å². The molecule has 3 rings (SSSR count). The largest absolute Gasteiger partial charge is 0.491 e. The standard InChI is InChI=1S/C18H20FN3O3/c1-2-25-16-6-5-12(8-14(16)19)11-22-7-3-4-15(22)17-20-9-13(10-21-17)18(23)24/h5-6,8-10,15H,2-4,7,11H2,1H3,(H,23,24). The molecule has 7 heteroatoms. The third-order valence-corrected chi connectivity index (χ3v) is 4.26. The van der Waals surface area contributed by atoms with E-state index in [-0.39, 0.29) is 23.2 Å². The van der Waals surface area contributed by atoms with Crippen LogP contribution in [0.5, 0.6) is 5.75 Å². The molecular formula is C18H20FN3O3. The lowest BCUT2D eigenvalue weighted by molar-refractivity contribution is 0.0695. The molecule has 1 aromatic heterocycles. The number of rotatable bonds is 6. The number of benzene rings is 1. The maximum Gasteiger partial charge on any atom is 0.338 e. The highest BCUT2D eigenvalue weighted by atomic mass is 19.1. The molecule has 0 spiro atoms. The predicted molar refractivity (Wildman–Crippen MR) is 88.9 cm³/mol. The average Bonchev–Trinajstić information content (AvgIpc) is 3.05. The summed E-state index contributed by atoms with van der Waals surface area (Å²) in [5.41, 5.74) is 0.928. The van der Waals surface area contributed by atoms with Gasteiger partial charge in [-0.25, -0.2) is 19.2 Å². The van der Waals surface area contributed by atoms with Gasteiger partial charge in [-0.05, 0) is 44.0 Å². The van der Waals surface area contributed by atoms with E-state index in [4.69, 9.17) is 9.84 Å². The molecule has 1 saturated heterocycles. The normalized spacial score (nSPS) is 17.6. The van der Waals surface area contributed by atoms with Crippen LogP contribution in [0, 0.1) is 5.82 Å². The Hall–Kier alpha value is -2.54. The first-order valence-corrected chi connectivity index (χ1v) is 8.29. The van der Waals surface area contributed by atoms with Gasteiger partial charge in [0.1, 0.15) is 5.82 Å². The average molecular weight is 345 g/mol. The van der Waals surface area contributed by atoms with Crippen molar-refractivity contribution >= 4 is 5.97 Å². The van der Waals surface area contributed by atoms with Crippen molar-refractivity contribution in [3.63, 3.8) is 0 Å². The van der Waals surface area contributed by atoms with Crippen LogP contribution in [0.1, 0.15) is 47.6 Å². The molecule has 1 fully saturated rings. The Morgan fingerprint density at radius 1 is 1.40 bits per heavy atom. The second-order valence-corrected chi connectivity index (χ2v) is 5.96. The van der Waals surface area contributed by atoms with E-state index < -0.39 is 5.97 Å². The molecule has 1 aromatic carbocycles. The third-order valence-electron chi connectivity index (χ3n) is 4.26. The zero-order chi connectivity index (χ0) is 17.8. The minimum atomic E-state index is -1.04. The Morgan fingerprint density at radius 3 is 2.80 bits per heavy atom. The quantitative estimate of drug-likeness (QED) is 0.867. The summed E-state index contributed by atoms with van der Waals surface area (Å²) < 4.78 is 19.3. The highest BCUT2D eigenvalue weighted by Gasteiger charge is 2.28. The molecule has 0 bridgehead atoms. The van der Waals surface area contributed by atoms with Gasteiger partial charge in [-0.15, -0.1) is 0 Å². The van der Waals surface area contributed by atoms with E-state index in [0.29, 0.717) is 19.0 Å². The van der Waals surface area contributed by atoms with E-state index >= 15 is 0 Å². The maximum absolute atomic E-state index is 14.0. The molecule has 0 radical (unpaired) electrons. The molecule has 25 heavy (non-hydrogen) atoms. The number of carboxylic acid groups (broad SMARTS) is 1. The third kappa shape index (κ3) is 3.93. The first kappa shape index (κ1) is 17.3. The molecule has 1 aliphatic rings. The second kappa shape index (κ2) is 7.57. The summed E-state index contributed by atoms with van der Waals surface area (Å²) in [4.78, 5) is 21.5. The summed E-state index contributed by atoms with van der Waals surface area (Å²) in [5.74, 6) is -0.539. The van der Waals surface area contributed by atoms with Gasteiger partial charge in [0.25, 0.3) is 0 Å². The number of carbonyl (C=O) groups is 1. The van der Waals surface area contributed by atoms with Gasteiger partial charge < -0.3 is 9.84 Å². The number of nitrogens with zero attached hydrogens (tertiary/aromatic N) is 3. The molecule has 0 amide bonds. The fourth-order valence-electron chi connectivity index (χ4n) is 3.08. The predicted octanol–water partition coefficient (Wildman–Crippen LogP) is 3.05. The van der Waals surface area contributed by atoms with Crippen LogP contribution in [0.25, 0.3) is 0 Å². The highest BCUT2D eigenvalue weighted by Crippen LogP contribution is 2.31. The van der Waals surface area contributed by atoms with E-state index in [0.717, 1.165) is 24.9 Å². The van der Waals surface area contributed by atoms with Gasteiger partial charge in [0.2, 0.25) is 0 Å². The number of likely N-dealkylation sites (tertiary alicyclic amines) is 1. The molecule has 1 unspecified atom stereocenters. The molecule has 0 aliphatic carbocycles. The van der Waals surface area contributed by atoms with Gasteiger partial charge in [-0.1, -0.05) is 6.07 Å². The van der Waals surface area contributed by atoms with Crippen LogP contribution in [0.4, 0.5) is 4.39 Å². The molecular weight excluding hydrogens is 325 g/mol. The molecule has 1 atom stereocenters. The Bertz CT molecular complexity index is 752. The lowest BCUT2D eigenvalue weighted by Crippen LogP contribution is -2.24. The van der Waals surface area contributed by atoms with E-state index in [1.165, 1.54) is 18.5 Å². The fraction of sp³-hybridized carbons (Fsp3) is 0.389. The van der Waals surface area contributed by atoms with Crippen LogP contribution >= 0.6 is 0 Å². The minimum absolute atomic E-state index is 0.0116. The smallest absolute Gasteiger partial charge is 0.338 e.